The van der Waals surface area contributed by atoms with Crippen molar-refractivity contribution in [3.63, 3.8) is 0 Å². The standard InChI is InChI=1S/C23H29F3N4O5/c1-2-34-19(32)16-11-28(18(31)15-9-27-30(10-15)17-5-3-4-8-35-17)12-21(16)13-29(14-21)20(33)22(6-7-22)23(24,25)26/h9-10,16-17H,2-8,11-14H2,1H3. The highest BCUT2D eigenvalue weighted by Gasteiger charge is 2.71. The van der Waals surface area contributed by atoms with E-state index in [0.29, 0.717) is 12.2 Å². The van der Waals surface area contributed by atoms with Crippen LogP contribution in [0.15, 0.2) is 12.4 Å². The molecule has 0 aromatic carbocycles. The predicted molar refractivity (Wildman–Crippen MR) is 114 cm³/mol. The van der Waals surface area contributed by atoms with Gasteiger partial charge in [-0.3, -0.25) is 14.4 Å². The lowest BCUT2D eigenvalue weighted by Crippen LogP contribution is -2.65. The fourth-order valence-electron chi connectivity index (χ4n) is 5.64. The van der Waals surface area contributed by atoms with Gasteiger partial charge in [-0.15, -0.1) is 0 Å². The minimum atomic E-state index is -4.59. The van der Waals surface area contributed by atoms with Crippen LogP contribution >= 0.6 is 0 Å². The van der Waals surface area contributed by atoms with Crippen LogP contribution in [0.4, 0.5) is 13.2 Å². The second kappa shape index (κ2) is 8.49. The molecule has 12 heteroatoms. The molecular formula is C23H29F3N4O5. The summed E-state index contributed by atoms with van der Waals surface area (Å²) in [6, 6.07) is 0. The monoisotopic (exact) mass is 498 g/mol. The maximum absolute atomic E-state index is 13.4. The van der Waals surface area contributed by atoms with Crippen molar-refractivity contribution in [3.05, 3.63) is 18.0 Å². The molecule has 3 saturated heterocycles. The van der Waals surface area contributed by atoms with Crippen LogP contribution in [0.1, 0.15) is 55.6 Å². The molecule has 2 atom stereocenters. The number of hydrogen-bond donors (Lipinski definition) is 0. The van der Waals surface area contributed by atoms with Crippen molar-refractivity contribution in [2.24, 2.45) is 16.7 Å². The number of amides is 2. The van der Waals surface area contributed by atoms with Gasteiger partial charge in [0.1, 0.15) is 11.6 Å². The van der Waals surface area contributed by atoms with Crippen LogP contribution in [0, 0.1) is 16.7 Å². The van der Waals surface area contributed by atoms with E-state index in [-0.39, 0.29) is 57.8 Å². The molecule has 2 unspecified atom stereocenters. The highest BCUT2D eigenvalue weighted by Crippen LogP contribution is 2.60. The molecule has 1 spiro atoms. The summed E-state index contributed by atoms with van der Waals surface area (Å²) in [6.07, 6.45) is 0.646. The van der Waals surface area contributed by atoms with Gasteiger partial charge < -0.3 is 19.3 Å². The molecule has 0 N–H and O–H groups in total. The fourth-order valence-corrected chi connectivity index (χ4v) is 5.64. The highest BCUT2D eigenvalue weighted by atomic mass is 19.4. The van der Waals surface area contributed by atoms with E-state index < -0.39 is 34.8 Å². The van der Waals surface area contributed by atoms with Crippen molar-refractivity contribution in [1.29, 1.82) is 0 Å². The average molecular weight is 499 g/mol. The van der Waals surface area contributed by atoms with E-state index in [1.54, 1.807) is 17.8 Å². The van der Waals surface area contributed by atoms with Crippen LogP contribution in [-0.4, -0.2) is 82.9 Å². The SMILES string of the molecule is CCOC(=O)C1CN(C(=O)c2cnn(C3CCCCO3)c2)CC12CN(C(=O)C1(C(F)(F)F)CC1)C2. The Labute approximate surface area is 200 Å². The van der Waals surface area contributed by atoms with Crippen LogP contribution in [0.2, 0.25) is 0 Å². The van der Waals surface area contributed by atoms with E-state index in [2.05, 4.69) is 5.10 Å². The second-order valence-corrected chi connectivity index (χ2v) is 10.1. The van der Waals surface area contributed by atoms with Gasteiger partial charge >= 0.3 is 12.1 Å². The normalized spacial score (nSPS) is 27.0. The molecule has 1 aromatic heterocycles. The van der Waals surface area contributed by atoms with Crippen LogP contribution in [0.5, 0.6) is 0 Å². The van der Waals surface area contributed by atoms with E-state index in [1.165, 1.54) is 16.0 Å². The minimum absolute atomic E-state index is 0.00784. The molecule has 2 amide bonds. The van der Waals surface area contributed by atoms with Crippen molar-refractivity contribution in [3.8, 4) is 0 Å². The van der Waals surface area contributed by atoms with Crippen LogP contribution in [0.3, 0.4) is 0 Å². The van der Waals surface area contributed by atoms with Gasteiger partial charge in [0.25, 0.3) is 5.91 Å². The molecule has 5 rings (SSSR count). The Morgan fingerprint density at radius 1 is 1.17 bits per heavy atom. The summed E-state index contributed by atoms with van der Waals surface area (Å²) >= 11 is 0. The Hall–Kier alpha value is -2.63. The number of hydrogen-bond acceptors (Lipinski definition) is 6. The third kappa shape index (κ3) is 3.99. The van der Waals surface area contributed by atoms with Gasteiger partial charge in [0, 0.05) is 44.4 Å². The lowest BCUT2D eigenvalue weighted by molar-refractivity contribution is -0.206. The third-order valence-electron chi connectivity index (χ3n) is 7.81. The van der Waals surface area contributed by atoms with Gasteiger partial charge in [-0.2, -0.15) is 18.3 Å². The topological polar surface area (TPSA) is 94.0 Å². The quantitative estimate of drug-likeness (QED) is 0.579. The summed E-state index contributed by atoms with van der Waals surface area (Å²) in [6.45, 7) is 2.67. The van der Waals surface area contributed by atoms with Crippen molar-refractivity contribution in [2.45, 2.75) is 51.4 Å². The van der Waals surface area contributed by atoms with Gasteiger partial charge in [-0.05, 0) is 39.0 Å². The summed E-state index contributed by atoms with van der Waals surface area (Å²) in [5.74, 6) is -2.47. The van der Waals surface area contributed by atoms with Crippen molar-refractivity contribution in [2.75, 3.05) is 39.4 Å². The average Bonchev–Trinajstić information content (AvgIpc) is 3.32. The molecule has 4 heterocycles. The third-order valence-corrected chi connectivity index (χ3v) is 7.81. The molecule has 4 fully saturated rings. The number of likely N-dealkylation sites (tertiary alicyclic amines) is 2. The molecule has 1 saturated carbocycles. The molecular weight excluding hydrogens is 469 g/mol. The zero-order valence-electron chi connectivity index (χ0n) is 19.6. The van der Waals surface area contributed by atoms with Crippen molar-refractivity contribution < 1.29 is 37.0 Å². The fraction of sp³-hybridized carbons (Fsp3) is 0.739. The first-order valence-corrected chi connectivity index (χ1v) is 12.1. The molecule has 0 bridgehead atoms. The summed E-state index contributed by atoms with van der Waals surface area (Å²) in [5.41, 5.74) is -2.76. The maximum Gasteiger partial charge on any atom is 0.403 e. The summed E-state index contributed by atoms with van der Waals surface area (Å²) < 4.78 is 52.9. The van der Waals surface area contributed by atoms with Gasteiger partial charge in [0.15, 0.2) is 0 Å². The second-order valence-electron chi connectivity index (χ2n) is 10.1. The number of rotatable bonds is 5. The van der Waals surface area contributed by atoms with E-state index >= 15 is 0 Å². The highest BCUT2D eigenvalue weighted by molar-refractivity contribution is 5.95. The Bertz CT molecular complexity index is 1010. The van der Waals surface area contributed by atoms with E-state index in [9.17, 15) is 27.6 Å². The Balaban J connectivity index is 1.30. The number of ether oxygens (including phenoxy) is 2. The van der Waals surface area contributed by atoms with Gasteiger partial charge in [0.05, 0.1) is 24.3 Å². The maximum atomic E-state index is 13.4. The zero-order chi connectivity index (χ0) is 25.0. The first-order valence-electron chi connectivity index (χ1n) is 12.1. The van der Waals surface area contributed by atoms with Crippen LogP contribution < -0.4 is 0 Å². The molecule has 1 aliphatic carbocycles. The first-order chi connectivity index (χ1) is 16.6. The molecule has 4 aliphatic rings. The van der Waals surface area contributed by atoms with E-state index in [1.807, 2.05) is 0 Å². The lowest BCUT2D eigenvalue weighted by atomic mass is 9.71. The summed E-state index contributed by atoms with van der Waals surface area (Å²) in [7, 11) is 0. The van der Waals surface area contributed by atoms with Crippen molar-refractivity contribution >= 4 is 17.8 Å². The first kappa shape index (κ1) is 24.1. The number of esters is 1. The number of carbonyl (C=O) groups is 3. The zero-order valence-corrected chi connectivity index (χ0v) is 19.6. The summed E-state index contributed by atoms with van der Waals surface area (Å²) in [4.78, 5) is 41.4. The summed E-state index contributed by atoms with van der Waals surface area (Å²) in [5, 5.41) is 4.27. The number of aromatic nitrogens is 2. The smallest absolute Gasteiger partial charge is 0.403 e. The van der Waals surface area contributed by atoms with E-state index in [4.69, 9.17) is 9.47 Å². The molecule has 1 aromatic rings. The predicted octanol–water partition coefficient (Wildman–Crippen LogP) is 2.39. The van der Waals surface area contributed by atoms with Crippen LogP contribution in [-0.2, 0) is 19.1 Å². The van der Waals surface area contributed by atoms with Crippen LogP contribution in [0.25, 0.3) is 0 Å². The molecule has 35 heavy (non-hydrogen) atoms. The van der Waals surface area contributed by atoms with E-state index in [0.717, 1.165) is 19.3 Å². The minimum Gasteiger partial charge on any atom is -0.466 e. The number of halogens is 3. The largest absolute Gasteiger partial charge is 0.466 e. The molecule has 3 aliphatic heterocycles. The molecule has 192 valence electrons. The molecule has 9 nitrogen and oxygen atoms in total. The Morgan fingerprint density at radius 2 is 1.89 bits per heavy atom. The van der Waals surface area contributed by atoms with Crippen molar-refractivity contribution in [1.82, 2.24) is 19.6 Å². The van der Waals surface area contributed by atoms with Gasteiger partial charge in [0.2, 0.25) is 5.91 Å². The lowest BCUT2D eigenvalue weighted by Gasteiger charge is -2.51. The van der Waals surface area contributed by atoms with Gasteiger partial charge in [-0.1, -0.05) is 0 Å². The number of nitrogens with zero attached hydrogens (tertiary/aromatic N) is 4. The number of alkyl halides is 3. The van der Waals surface area contributed by atoms with Gasteiger partial charge in [-0.25, -0.2) is 4.68 Å². The Morgan fingerprint density at radius 3 is 2.49 bits per heavy atom. The number of carbonyl (C=O) groups excluding carboxylic acids is 3. The Kier molecular flexibility index (Phi) is 5.84. The molecule has 0 radical (unpaired) electrons.